The van der Waals surface area contributed by atoms with Crippen LogP contribution in [0.2, 0.25) is 5.02 Å². The minimum atomic E-state index is -1.33. The molecule has 2 rings (SSSR count). The van der Waals surface area contributed by atoms with Gasteiger partial charge in [0.05, 0.1) is 0 Å². The number of anilines is 2. The summed E-state index contributed by atoms with van der Waals surface area (Å²) in [6.07, 6.45) is 0. The van der Waals surface area contributed by atoms with Crippen molar-refractivity contribution in [3.8, 4) is 0 Å². The van der Waals surface area contributed by atoms with E-state index in [0.29, 0.717) is 22.0 Å². The van der Waals surface area contributed by atoms with Crippen LogP contribution in [0.3, 0.4) is 0 Å². The van der Waals surface area contributed by atoms with E-state index in [1.165, 1.54) is 20.8 Å². The molecular weight excluding hydrogens is 352 g/mol. The summed E-state index contributed by atoms with van der Waals surface area (Å²) in [5.41, 5.74) is 0.901. The molecule has 0 fully saturated rings. The zero-order valence-corrected chi connectivity index (χ0v) is 15.9. The smallest absolute Gasteiger partial charge is 0.239 e. The summed E-state index contributed by atoms with van der Waals surface area (Å²) >= 11 is 6.06. The third-order valence-corrected chi connectivity index (χ3v) is 4.59. The van der Waals surface area contributed by atoms with Gasteiger partial charge in [-0.05, 0) is 57.5 Å². The van der Waals surface area contributed by atoms with Crippen molar-refractivity contribution in [2.75, 3.05) is 10.6 Å². The predicted molar refractivity (Wildman–Crippen MR) is 104 cm³/mol. The number of benzene rings is 2. The Bertz CT molecular complexity index is 875. The van der Waals surface area contributed by atoms with Crippen LogP contribution in [0.1, 0.15) is 36.7 Å². The highest BCUT2D eigenvalue weighted by Gasteiger charge is 2.36. The Morgan fingerprint density at radius 2 is 1.58 bits per heavy atom. The summed E-state index contributed by atoms with van der Waals surface area (Å²) in [7, 11) is 0. The number of rotatable bonds is 5. The normalized spacial score (nSPS) is 11.0. The molecule has 0 aromatic heterocycles. The number of hydrogen-bond acceptors (Lipinski definition) is 3. The van der Waals surface area contributed by atoms with Crippen LogP contribution >= 0.6 is 11.6 Å². The second-order valence-corrected chi connectivity index (χ2v) is 6.99. The summed E-state index contributed by atoms with van der Waals surface area (Å²) in [4.78, 5) is 36.7. The van der Waals surface area contributed by atoms with Crippen LogP contribution in [0.5, 0.6) is 0 Å². The van der Waals surface area contributed by atoms with E-state index >= 15 is 0 Å². The second kappa shape index (κ2) is 7.70. The van der Waals surface area contributed by atoms with Gasteiger partial charge in [-0.3, -0.25) is 14.4 Å². The Hall–Kier alpha value is -2.66. The molecule has 0 aliphatic rings. The van der Waals surface area contributed by atoms with Crippen LogP contribution in [0.15, 0.2) is 42.5 Å². The molecule has 2 aromatic rings. The number of nitrogens with one attached hydrogen (secondary N) is 2. The van der Waals surface area contributed by atoms with Crippen LogP contribution in [0.4, 0.5) is 11.4 Å². The lowest BCUT2D eigenvalue weighted by molar-refractivity contribution is -0.135. The van der Waals surface area contributed by atoms with Crippen LogP contribution < -0.4 is 10.6 Å². The number of carbonyl (C=O) groups is 3. The van der Waals surface area contributed by atoms with Crippen molar-refractivity contribution in [2.24, 2.45) is 5.41 Å². The first kappa shape index (κ1) is 19.7. The maximum Gasteiger partial charge on any atom is 0.239 e. The minimum Gasteiger partial charge on any atom is -0.325 e. The first-order valence-corrected chi connectivity index (χ1v) is 8.49. The Morgan fingerprint density at radius 1 is 0.962 bits per heavy atom. The molecule has 0 radical (unpaired) electrons. The number of halogens is 1. The Balaban J connectivity index is 2.16. The molecule has 0 atom stereocenters. The molecule has 26 heavy (non-hydrogen) atoms. The Kier molecular flexibility index (Phi) is 5.83. The highest BCUT2D eigenvalue weighted by molar-refractivity contribution is 6.31. The Labute approximate surface area is 157 Å². The highest BCUT2D eigenvalue weighted by atomic mass is 35.5. The number of carbonyl (C=O) groups excluding carboxylic acids is 3. The molecule has 0 heterocycles. The van der Waals surface area contributed by atoms with Crippen molar-refractivity contribution in [1.29, 1.82) is 0 Å². The van der Waals surface area contributed by atoms with Gasteiger partial charge >= 0.3 is 0 Å². The molecule has 136 valence electrons. The van der Waals surface area contributed by atoms with E-state index in [4.69, 9.17) is 11.6 Å². The van der Waals surface area contributed by atoms with E-state index in [9.17, 15) is 14.4 Å². The molecule has 0 unspecified atom stereocenters. The fraction of sp³-hybridized carbons (Fsp3) is 0.250. The largest absolute Gasteiger partial charge is 0.325 e. The zero-order valence-electron chi connectivity index (χ0n) is 15.1. The fourth-order valence-corrected chi connectivity index (χ4v) is 2.40. The molecule has 2 N–H and O–H groups in total. The first-order chi connectivity index (χ1) is 12.1. The van der Waals surface area contributed by atoms with Gasteiger partial charge in [-0.25, -0.2) is 0 Å². The van der Waals surface area contributed by atoms with Crippen LogP contribution in [0.25, 0.3) is 0 Å². The van der Waals surface area contributed by atoms with Crippen molar-refractivity contribution in [1.82, 2.24) is 0 Å². The highest BCUT2D eigenvalue weighted by Crippen LogP contribution is 2.26. The number of Topliss-reactive ketones (excluding diaryl/α,β-unsaturated/α-hetero) is 1. The SMILES string of the molecule is CC(=O)c1cccc(NC(=O)C(C)(C)C(=O)Nc2cccc(Cl)c2C)c1. The van der Waals surface area contributed by atoms with Gasteiger partial charge < -0.3 is 10.6 Å². The fourth-order valence-electron chi connectivity index (χ4n) is 2.23. The van der Waals surface area contributed by atoms with Gasteiger partial charge in [-0.2, -0.15) is 0 Å². The minimum absolute atomic E-state index is 0.102. The maximum absolute atomic E-state index is 12.6. The van der Waals surface area contributed by atoms with E-state index in [1.807, 2.05) is 0 Å². The van der Waals surface area contributed by atoms with Crippen LogP contribution in [-0.4, -0.2) is 17.6 Å². The van der Waals surface area contributed by atoms with Gasteiger partial charge in [0.25, 0.3) is 0 Å². The van der Waals surface area contributed by atoms with E-state index < -0.39 is 17.2 Å². The van der Waals surface area contributed by atoms with Crippen molar-refractivity contribution < 1.29 is 14.4 Å². The standard InChI is InChI=1S/C20H21ClN2O3/c1-12-16(21)9-6-10-17(12)23-19(26)20(3,4)18(25)22-15-8-5-7-14(11-15)13(2)24/h5-11H,1-4H3,(H,22,25)(H,23,26). The van der Waals surface area contributed by atoms with E-state index in [0.717, 1.165) is 5.56 Å². The lowest BCUT2D eigenvalue weighted by Gasteiger charge is -2.23. The van der Waals surface area contributed by atoms with E-state index in [-0.39, 0.29) is 5.78 Å². The predicted octanol–water partition coefficient (Wildman–Crippen LogP) is 4.45. The van der Waals surface area contributed by atoms with Crippen LogP contribution in [0, 0.1) is 12.3 Å². The molecule has 0 saturated carbocycles. The maximum atomic E-state index is 12.6. The lowest BCUT2D eigenvalue weighted by Crippen LogP contribution is -2.41. The van der Waals surface area contributed by atoms with Gasteiger partial charge in [0.1, 0.15) is 5.41 Å². The monoisotopic (exact) mass is 372 g/mol. The van der Waals surface area contributed by atoms with Gasteiger partial charge in [-0.1, -0.05) is 29.8 Å². The first-order valence-electron chi connectivity index (χ1n) is 8.12. The summed E-state index contributed by atoms with van der Waals surface area (Å²) < 4.78 is 0. The van der Waals surface area contributed by atoms with E-state index in [2.05, 4.69) is 10.6 Å². The molecule has 5 nitrogen and oxygen atoms in total. The topological polar surface area (TPSA) is 75.3 Å². The number of amides is 2. The van der Waals surface area contributed by atoms with Gasteiger partial charge in [-0.15, -0.1) is 0 Å². The third kappa shape index (κ3) is 4.29. The molecule has 2 amide bonds. The average molecular weight is 373 g/mol. The molecule has 0 aliphatic heterocycles. The second-order valence-electron chi connectivity index (χ2n) is 6.58. The van der Waals surface area contributed by atoms with Gasteiger partial charge in [0.15, 0.2) is 5.78 Å². The van der Waals surface area contributed by atoms with Crippen LogP contribution in [-0.2, 0) is 9.59 Å². The molecule has 6 heteroatoms. The van der Waals surface area contributed by atoms with Gasteiger partial charge in [0.2, 0.25) is 11.8 Å². The van der Waals surface area contributed by atoms with Crippen molar-refractivity contribution in [2.45, 2.75) is 27.7 Å². The Morgan fingerprint density at radius 3 is 2.23 bits per heavy atom. The summed E-state index contributed by atoms with van der Waals surface area (Å²) in [6, 6.07) is 11.8. The number of ketones is 1. The zero-order chi connectivity index (χ0) is 19.5. The molecule has 0 saturated heterocycles. The average Bonchev–Trinajstić information content (AvgIpc) is 2.59. The number of hydrogen-bond donors (Lipinski definition) is 2. The summed E-state index contributed by atoms with van der Waals surface area (Å²) in [6.45, 7) is 6.31. The van der Waals surface area contributed by atoms with E-state index in [1.54, 1.807) is 49.4 Å². The van der Waals surface area contributed by atoms with Gasteiger partial charge in [0, 0.05) is 22.0 Å². The molecule has 2 aromatic carbocycles. The quantitative estimate of drug-likeness (QED) is 0.601. The third-order valence-electron chi connectivity index (χ3n) is 4.18. The molecular formula is C20H21ClN2O3. The van der Waals surface area contributed by atoms with Crippen molar-refractivity contribution in [3.63, 3.8) is 0 Å². The molecule has 0 spiro atoms. The summed E-state index contributed by atoms with van der Waals surface area (Å²) in [5, 5.41) is 5.97. The lowest BCUT2D eigenvalue weighted by atomic mass is 9.90. The summed E-state index contributed by atoms with van der Waals surface area (Å²) in [5.74, 6) is -1.03. The molecule has 0 aliphatic carbocycles. The van der Waals surface area contributed by atoms with Crippen molar-refractivity contribution in [3.05, 3.63) is 58.6 Å². The van der Waals surface area contributed by atoms with Crippen molar-refractivity contribution >= 4 is 40.6 Å². The molecule has 0 bridgehead atoms.